The zero-order chi connectivity index (χ0) is 24.3. The van der Waals surface area contributed by atoms with Crippen LogP contribution in [0.3, 0.4) is 0 Å². The van der Waals surface area contributed by atoms with Gasteiger partial charge in [0.25, 0.3) is 11.8 Å². The third-order valence-electron chi connectivity index (χ3n) is 5.16. The Bertz CT molecular complexity index is 1260. The molecular weight excluding hydrogens is 440 g/mol. The van der Waals surface area contributed by atoms with Gasteiger partial charge in [-0.15, -0.1) is 0 Å². The number of benzene rings is 4. The normalized spacial score (nSPS) is 10.3. The predicted molar refractivity (Wildman–Crippen MR) is 136 cm³/mol. The Hall–Kier alpha value is -4.58. The van der Waals surface area contributed by atoms with E-state index in [0.29, 0.717) is 35.7 Å². The van der Waals surface area contributed by atoms with Gasteiger partial charge in [0.15, 0.2) is 0 Å². The number of carbonyl (C=O) groups excluding carboxylic acids is 2. The van der Waals surface area contributed by atoms with Crippen molar-refractivity contribution in [2.45, 2.75) is 6.54 Å². The molecule has 0 spiro atoms. The molecule has 0 aromatic heterocycles. The molecule has 4 aromatic rings. The lowest BCUT2D eigenvalue weighted by Crippen LogP contribution is -2.23. The zero-order valence-corrected chi connectivity index (χ0v) is 19.1. The molecule has 0 bridgehead atoms. The maximum atomic E-state index is 13.0. The number of ether oxygens (including phenoxy) is 2. The first-order valence-corrected chi connectivity index (χ1v) is 11.3. The van der Waals surface area contributed by atoms with Crippen LogP contribution in [0.2, 0.25) is 0 Å². The van der Waals surface area contributed by atoms with E-state index < -0.39 is 0 Å². The largest absolute Gasteiger partial charge is 0.490 e. The number of nitrogens with one attached hydrogen (secondary N) is 2. The number of hydrogen-bond donors (Lipinski definition) is 2. The lowest BCUT2D eigenvalue weighted by molar-refractivity contribution is 0.0949. The van der Waals surface area contributed by atoms with Crippen molar-refractivity contribution in [1.82, 2.24) is 5.32 Å². The van der Waals surface area contributed by atoms with Crippen molar-refractivity contribution in [2.75, 3.05) is 18.5 Å². The fourth-order valence-electron chi connectivity index (χ4n) is 3.42. The van der Waals surface area contributed by atoms with Crippen LogP contribution in [0.1, 0.15) is 26.3 Å². The van der Waals surface area contributed by atoms with Crippen LogP contribution in [0, 0.1) is 0 Å². The van der Waals surface area contributed by atoms with Crippen molar-refractivity contribution >= 4 is 17.5 Å². The van der Waals surface area contributed by atoms with Gasteiger partial charge in [-0.3, -0.25) is 9.59 Å². The molecule has 6 nitrogen and oxygen atoms in total. The number of para-hydroxylation sites is 2. The maximum Gasteiger partial charge on any atom is 0.259 e. The van der Waals surface area contributed by atoms with Crippen LogP contribution in [-0.4, -0.2) is 25.0 Å². The highest BCUT2D eigenvalue weighted by molar-refractivity contribution is 6.06. The molecule has 2 N–H and O–H groups in total. The first kappa shape index (κ1) is 23.6. The molecule has 0 fully saturated rings. The van der Waals surface area contributed by atoms with Crippen molar-refractivity contribution in [3.63, 3.8) is 0 Å². The molecule has 0 radical (unpaired) electrons. The van der Waals surface area contributed by atoms with E-state index in [1.54, 1.807) is 42.5 Å². The SMILES string of the molecule is O=C(NCc1ccccc1)c1cccc(NC(=O)c2ccccc2OCCOc2ccccc2)c1. The van der Waals surface area contributed by atoms with Gasteiger partial charge in [-0.05, 0) is 48.0 Å². The van der Waals surface area contributed by atoms with Gasteiger partial charge in [-0.2, -0.15) is 0 Å². The van der Waals surface area contributed by atoms with E-state index in [2.05, 4.69) is 10.6 Å². The first-order valence-electron chi connectivity index (χ1n) is 11.3. The summed E-state index contributed by atoms with van der Waals surface area (Å²) in [6.45, 7) is 1.06. The Balaban J connectivity index is 1.34. The quantitative estimate of drug-likeness (QED) is 0.310. The van der Waals surface area contributed by atoms with E-state index in [1.807, 2.05) is 66.7 Å². The standard InChI is InChI=1S/C29H26N2O4/c32-28(30-21-22-10-3-1-4-11-22)23-12-9-13-24(20-23)31-29(33)26-16-7-8-17-27(26)35-19-18-34-25-14-5-2-6-15-25/h1-17,20H,18-19,21H2,(H,30,32)(H,31,33). The van der Waals surface area contributed by atoms with Gasteiger partial charge >= 0.3 is 0 Å². The van der Waals surface area contributed by atoms with Crippen LogP contribution in [-0.2, 0) is 6.54 Å². The smallest absolute Gasteiger partial charge is 0.259 e. The molecule has 0 unspecified atom stereocenters. The molecule has 0 aliphatic rings. The second-order valence-electron chi connectivity index (χ2n) is 7.71. The number of rotatable bonds is 10. The van der Waals surface area contributed by atoms with Crippen molar-refractivity contribution in [3.05, 3.63) is 126 Å². The van der Waals surface area contributed by atoms with Crippen LogP contribution < -0.4 is 20.1 Å². The van der Waals surface area contributed by atoms with E-state index in [-0.39, 0.29) is 18.4 Å². The van der Waals surface area contributed by atoms with E-state index in [9.17, 15) is 9.59 Å². The number of carbonyl (C=O) groups is 2. The van der Waals surface area contributed by atoms with Crippen LogP contribution in [0.25, 0.3) is 0 Å². The lowest BCUT2D eigenvalue weighted by atomic mass is 10.1. The minimum absolute atomic E-state index is 0.216. The minimum Gasteiger partial charge on any atom is -0.490 e. The Labute approximate surface area is 204 Å². The number of amides is 2. The summed E-state index contributed by atoms with van der Waals surface area (Å²) in [5.74, 6) is 0.673. The molecule has 0 aliphatic carbocycles. The van der Waals surface area contributed by atoms with Gasteiger partial charge in [0, 0.05) is 17.8 Å². The minimum atomic E-state index is -0.327. The molecular formula is C29H26N2O4. The van der Waals surface area contributed by atoms with E-state index in [4.69, 9.17) is 9.47 Å². The van der Waals surface area contributed by atoms with Gasteiger partial charge in [-0.25, -0.2) is 0 Å². The molecule has 6 heteroatoms. The van der Waals surface area contributed by atoms with Gasteiger partial charge in [0.1, 0.15) is 24.7 Å². The van der Waals surface area contributed by atoms with Gasteiger partial charge < -0.3 is 20.1 Å². The first-order chi connectivity index (χ1) is 17.2. The van der Waals surface area contributed by atoms with Gasteiger partial charge in [-0.1, -0.05) is 66.7 Å². The molecule has 0 saturated heterocycles. The highest BCUT2D eigenvalue weighted by atomic mass is 16.5. The Morgan fingerprint density at radius 2 is 1.34 bits per heavy atom. The van der Waals surface area contributed by atoms with E-state index in [1.165, 1.54) is 0 Å². The molecule has 0 aliphatic heterocycles. The number of hydrogen-bond acceptors (Lipinski definition) is 4. The van der Waals surface area contributed by atoms with Gasteiger partial charge in [0.2, 0.25) is 0 Å². The molecule has 35 heavy (non-hydrogen) atoms. The summed E-state index contributed by atoms with van der Waals surface area (Å²) in [5.41, 5.74) is 2.38. The van der Waals surface area contributed by atoms with Crippen LogP contribution in [0.5, 0.6) is 11.5 Å². The molecule has 2 amide bonds. The molecule has 4 rings (SSSR count). The van der Waals surface area contributed by atoms with Crippen molar-refractivity contribution in [2.24, 2.45) is 0 Å². The van der Waals surface area contributed by atoms with E-state index in [0.717, 1.165) is 11.3 Å². The highest BCUT2D eigenvalue weighted by Gasteiger charge is 2.14. The monoisotopic (exact) mass is 466 g/mol. The average molecular weight is 467 g/mol. The topological polar surface area (TPSA) is 76.7 Å². The van der Waals surface area contributed by atoms with Crippen LogP contribution in [0.15, 0.2) is 109 Å². The molecule has 0 atom stereocenters. The molecule has 0 saturated carbocycles. The fraction of sp³-hybridized carbons (Fsp3) is 0.103. The summed E-state index contributed by atoms with van der Waals surface area (Å²) in [5, 5.41) is 5.75. The Morgan fingerprint density at radius 1 is 0.657 bits per heavy atom. The zero-order valence-electron chi connectivity index (χ0n) is 19.1. The highest BCUT2D eigenvalue weighted by Crippen LogP contribution is 2.20. The second-order valence-corrected chi connectivity index (χ2v) is 7.71. The lowest BCUT2D eigenvalue weighted by Gasteiger charge is -2.13. The third-order valence-corrected chi connectivity index (χ3v) is 5.16. The van der Waals surface area contributed by atoms with Crippen molar-refractivity contribution < 1.29 is 19.1 Å². The van der Waals surface area contributed by atoms with Crippen molar-refractivity contribution in [3.8, 4) is 11.5 Å². The fourth-order valence-corrected chi connectivity index (χ4v) is 3.42. The van der Waals surface area contributed by atoms with Gasteiger partial charge in [0.05, 0.1) is 5.56 Å². The van der Waals surface area contributed by atoms with E-state index >= 15 is 0 Å². The van der Waals surface area contributed by atoms with Crippen LogP contribution >= 0.6 is 0 Å². The molecule has 176 valence electrons. The summed E-state index contributed by atoms with van der Waals surface area (Å²) in [6.07, 6.45) is 0. The Morgan fingerprint density at radius 3 is 2.14 bits per heavy atom. The summed E-state index contributed by atoms with van der Waals surface area (Å²) in [6, 6.07) is 33.0. The molecule has 0 heterocycles. The maximum absolute atomic E-state index is 13.0. The summed E-state index contributed by atoms with van der Waals surface area (Å²) in [4.78, 5) is 25.5. The van der Waals surface area contributed by atoms with Crippen LogP contribution in [0.4, 0.5) is 5.69 Å². The number of anilines is 1. The summed E-state index contributed by atoms with van der Waals surface area (Å²) < 4.78 is 11.4. The Kier molecular flexibility index (Phi) is 8.11. The summed E-state index contributed by atoms with van der Waals surface area (Å²) >= 11 is 0. The summed E-state index contributed by atoms with van der Waals surface area (Å²) in [7, 11) is 0. The predicted octanol–water partition coefficient (Wildman–Crippen LogP) is 5.33. The van der Waals surface area contributed by atoms with Crippen molar-refractivity contribution in [1.29, 1.82) is 0 Å². The average Bonchev–Trinajstić information content (AvgIpc) is 2.91. The third kappa shape index (κ3) is 6.95. The molecule has 4 aromatic carbocycles. The second kappa shape index (κ2) is 12.0.